The lowest BCUT2D eigenvalue weighted by molar-refractivity contribution is 0.558. The number of hydrogen-bond acceptors (Lipinski definition) is 3. The minimum absolute atomic E-state index is 0.182. The summed E-state index contributed by atoms with van der Waals surface area (Å²) in [5, 5.41) is 4.27. The zero-order valence-corrected chi connectivity index (χ0v) is 11.0. The highest BCUT2D eigenvalue weighted by atomic mass is 19.1. The van der Waals surface area contributed by atoms with Crippen molar-refractivity contribution in [3.8, 4) is 11.4 Å². The zero-order chi connectivity index (χ0) is 14.8. The predicted molar refractivity (Wildman–Crippen MR) is 75.3 cm³/mol. The number of hydrogen-bond donors (Lipinski definition) is 1. The minimum Gasteiger partial charge on any atom is -0.399 e. The molecule has 0 bridgehead atoms. The van der Waals surface area contributed by atoms with E-state index in [1.807, 2.05) is 12.1 Å². The summed E-state index contributed by atoms with van der Waals surface area (Å²) in [5.41, 5.74) is 7.46. The average molecular weight is 286 g/mol. The first-order chi connectivity index (χ1) is 10.1. The van der Waals surface area contributed by atoms with Crippen molar-refractivity contribution < 1.29 is 8.78 Å². The van der Waals surface area contributed by atoms with Gasteiger partial charge in [-0.25, -0.2) is 18.4 Å². The Labute approximate surface area is 119 Å². The highest BCUT2D eigenvalue weighted by Gasteiger charge is 2.08. The number of anilines is 1. The quantitative estimate of drug-likeness (QED) is 0.753. The van der Waals surface area contributed by atoms with Gasteiger partial charge in [0.2, 0.25) is 0 Å². The van der Waals surface area contributed by atoms with Crippen molar-refractivity contribution in [1.29, 1.82) is 0 Å². The monoisotopic (exact) mass is 286 g/mol. The molecule has 0 atom stereocenters. The molecule has 0 aliphatic carbocycles. The Kier molecular flexibility index (Phi) is 3.35. The molecule has 106 valence electrons. The van der Waals surface area contributed by atoms with Crippen LogP contribution in [0.3, 0.4) is 0 Å². The fourth-order valence-electron chi connectivity index (χ4n) is 2.01. The first-order valence-electron chi connectivity index (χ1n) is 6.31. The van der Waals surface area contributed by atoms with Crippen LogP contribution in [0.2, 0.25) is 0 Å². The van der Waals surface area contributed by atoms with Crippen molar-refractivity contribution in [3.63, 3.8) is 0 Å². The van der Waals surface area contributed by atoms with Crippen molar-refractivity contribution in [1.82, 2.24) is 14.8 Å². The molecule has 0 fully saturated rings. The third-order valence-corrected chi connectivity index (χ3v) is 3.03. The molecular formula is C15H12F2N4. The van der Waals surface area contributed by atoms with Gasteiger partial charge in [-0.15, -0.1) is 0 Å². The van der Waals surface area contributed by atoms with Gasteiger partial charge in [0.15, 0.2) is 5.82 Å². The van der Waals surface area contributed by atoms with Crippen molar-refractivity contribution in [2.45, 2.75) is 6.54 Å². The van der Waals surface area contributed by atoms with Gasteiger partial charge in [-0.05, 0) is 18.2 Å². The second-order valence-corrected chi connectivity index (χ2v) is 4.63. The van der Waals surface area contributed by atoms with Gasteiger partial charge in [-0.3, -0.25) is 0 Å². The van der Waals surface area contributed by atoms with Gasteiger partial charge in [0.05, 0.1) is 6.54 Å². The molecule has 21 heavy (non-hydrogen) atoms. The van der Waals surface area contributed by atoms with Crippen LogP contribution in [0.4, 0.5) is 14.5 Å². The number of nitrogen functional groups attached to an aromatic ring is 1. The van der Waals surface area contributed by atoms with Gasteiger partial charge in [0.1, 0.15) is 18.0 Å². The third kappa shape index (κ3) is 2.89. The maximum atomic E-state index is 13.6. The van der Waals surface area contributed by atoms with Crippen LogP contribution < -0.4 is 5.73 Å². The van der Waals surface area contributed by atoms with E-state index >= 15 is 0 Å². The molecule has 6 heteroatoms. The van der Waals surface area contributed by atoms with E-state index in [0.29, 0.717) is 17.1 Å². The summed E-state index contributed by atoms with van der Waals surface area (Å²) in [4.78, 5) is 4.17. The van der Waals surface area contributed by atoms with Gasteiger partial charge in [-0.1, -0.05) is 18.2 Å². The standard InChI is InChI=1S/C15H12F2N4/c16-12-5-4-11(14(17)7-12)8-21-9-19-15(20-21)10-2-1-3-13(18)6-10/h1-7,9H,8,18H2. The lowest BCUT2D eigenvalue weighted by Crippen LogP contribution is -2.03. The first-order valence-corrected chi connectivity index (χ1v) is 6.31. The molecule has 0 unspecified atom stereocenters. The second-order valence-electron chi connectivity index (χ2n) is 4.63. The van der Waals surface area contributed by atoms with E-state index < -0.39 is 11.6 Å². The van der Waals surface area contributed by atoms with Crippen LogP contribution in [0.15, 0.2) is 48.8 Å². The van der Waals surface area contributed by atoms with Gasteiger partial charge < -0.3 is 5.73 Å². The maximum Gasteiger partial charge on any atom is 0.181 e. The van der Waals surface area contributed by atoms with E-state index in [0.717, 1.165) is 11.6 Å². The summed E-state index contributed by atoms with van der Waals surface area (Å²) >= 11 is 0. The molecule has 0 radical (unpaired) electrons. The molecule has 2 N–H and O–H groups in total. The van der Waals surface area contributed by atoms with Crippen molar-refractivity contribution >= 4 is 5.69 Å². The van der Waals surface area contributed by atoms with Crippen LogP contribution in [-0.2, 0) is 6.54 Å². The second kappa shape index (κ2) is 5.32. The van der Waals surface area contributed by atoms with E-state index in [9.17, 15) is 8.78 Å². The van der Waals surface area contributed by atoms with Crippen LogP contribution >= 0.6 is 0 Å². The molecular weight excluding hydrogens is 274 g/mol. The Hall–Kier alpha value is -2.76. The van der Waals surface area contributed by atoms with Gasteiger partial charge in [0, 0.05) is 22.9 Å². The molecule has 2 aromatic carbocycles. The Morgan fingerprint density at radius 1 is 1.10 bits per heavy atom. The minimum atomic E-state index is -0.602. The van der Waals surface area contributed by atoms with Crippen molar-refractivity contribution in [2.75, 3.05) is 5.73 Å². The summed E-state index contributed by atoms with van der Waals surface area (Å²) in [5.74, 6) is -0.698. The molecule has 0 saturated heterocycles. The lowest BCUT2D eigenvalue weighted by Gasteiger charge is -2.03. The average Bonchev–Trinajstić information content (AvgIpc) is 2.91. The normalized spacial score (nSPS) is 10.8. The number of halogens is 2. The van der Waals surface area contributed by atoms with Gasteiger partial charge in [0.25, 0.3) is 0 Å². The molecule has 1 aromatic heterocycles. The summed E-state index contributed by atoms with van der Waals surface area (Å²) in [6.45, 7) is 0.182. The molecule has 0 spiro atoms. The fraction of sp³-hybridized carbons (Fsp3) is 0.0667. The molecule has 0 saturated carbocycles. The van der Waals surface area contributed by atoms with E-state index in [1.165, 1.54) is 23.1 Å². The third-order valence-electron chi connectivity index (χ3n) is 3.03. The summed E-state index contributed by atoms with van der Waals surface area (Å²) in [6.07, 6.45) is 1.50. The SMILES string of the molecule is Nc1cccc(-c2ncn(Cc3ccc(F)cc3F)n2)c1. The summed E-state index contributed by atoms with van der Waals surface area (Å²) in [6, 6.07) is 10.7. The van der Waals surface area contributed by atoms with Gasteiger partial charge in [-0.2, -0.15) is 5.10 Å². The highest BCUT2D eigenvalue weighted by molar-refractivity contribution is 5.60. The number of benzene rings is 2. The van der Waals surface area contributed by atoms with Crippen molar-refractivity contribution in [2.24, 2.45) is 0 Å². The highest BCUT2D eigenvalue weighted by Crippen LogP contribution is 2.17. The number of nitrogens with zero attached hydrogens (tertiary/aromatic N) is 3. The number of aromatic nitrogens is 3. The maximum absolute atomic E-state index is 13.6. The Balaban J connectivity index is 1.85. The Bertz CT molecular complexity index is 783. The van der Waals surface area contributed by atoms with E-state index in [4.69, 9.17) is 5.73 Å². The molecule has 3 aromatic rings. The number of rotatable bonds is 3. The fourth-order valence-corrected chi connectivity index (χ4v) is 2.01. The Morgan fingerprint density at radius 2 is 1.95 bits per heavy atom. The summed E-state index contributed by atoms with van der Waals surface area (Å²) in [7, 11) is 0. The van der Waals surface area contributed by atoms with Crippen LogP contribution in [-0.4, -0.2) is 14.8 Å². The Morgan fingerprint density at radius 3 is 2.71 bits per heavy atom. The topological polar surface area (TPSA) is 56.7 Å². The van der Waals surface area contributed by atoms with Gasteiger partial charge >= 0.3 is 0 Å². The van der Waals surface area contributed by atoms with E-state index in [2.05, 4.69) is 10.1 Å². The van der Waals surface area contributed by atoms with Crippen LogP contribution in [0.1, 0.15) is 5.56 Å². The molecule has 0 aliphatic heterocycles. The van der Waals surface area contributed by atoms with E-state index in [-0.39, 0.29) is 6.54 Å². The van der Waals surface area contributed by atoms with Crippen molar-refractivity contribution in [3.05, 3.63) is 66.0 Å². The molecule has 0 aliphatic rings. The molecule has 3 rings (SSSR count). The molecule has 1 heterocycles. The molecule has 0 amide bonds. The van der Waals surface area contributed by atoms with Crippen LogP contribution in [0.25, 0.3) is 11.4 Å². The molecule has 4 nitrogen and oxygen atoms in total. The smallest absolute Gasteiger partial charge is 0.181 e. The first kappa shape index (κ1) is 13.2. The largest absolute Gasteiger partial charge is 0.399 e. The zero-order valence-electron chi connectivity index (χ0n) is 11.0. The number of nitrogens with two attached hydrogens (primary N) is 1. The van der Waals surface area contributed by atoms with Crippen LogP contribution in [0, 0.1) is 11.6 Å². The lowest BCUT2D eigenvalue weighted by atomic mass is 10.2. The predicted octanol–water partition coefficient (Wildman–Crippen LogP) is 2.85. The van der Waals surface area contributed by atoms with Crippen LogP contribution in [0.5, 0.6) is 0 Å². The van der Waals surface area contributed by atoms with E-state index in [1.54, 1.807) is 12.1 Å². The summed E-state index contributed by atoms with van der Waals surface area (Å²) < 4.78 is 28.0.